The van der Waals surface area contributed by atoms with Crippen LogP contribution in [0.15, 0.2) is 18.3 Å². The van der Waals surface area contributed by atoms with Crippen molar-refractivity contribution in [2.75, 3.05) is 19.1 Å². The van der Waals surface area contributed by atoms with Gasteiger partial charge in [0.25, 0.3) is 0 Å². The van der Waals surface area contributed by atoms with Crippen molar-refractivity contribution in [1.29, 1.82) is 0 Å². The topological polar surface area (TPSA) is 90.7 Å². The molecule has 1 aliphatic rings. The number of carbonyl (C=O) groups is 3. The normalized spacial score (nSPS) is 19.4. The van der Waals surface area contributed by atoms with Crippen LogP contribution < -0.4 is 4.90 Å². The van der Waals surface area contributed by atoms with Crippen molar-refractivity contribution in [3.8, 4) is 0 Å². The Morgan fingerprint density at radius 1 is 1.20 bits per heavy atom. The monoisotopic (exact) mass is 415 g/mol. The van der Waals surface area contributed by atoms with Crippen LogP contribution in [0.3, 0.4) is 0 Å². The second-order valence-electron chi connectivity index (χ2n) is 8.77. The number of ether oxygens (including phenoxy) is 2. The van der Waals surface area contributed by atoms with Gasteiger partial charge in [0.15, 0.2) is 0 Å². The molecule has 0 aliphatic heterocycles. The Morgan fingerprint density at radius 2 is 1.87 bits per heavy atom. The first-order chi connectivity index (χ1) is 14.1. The van der Waals surface area contributed by atoms with Gasteiger partial charge >= 0.3 is 12.1 Å². The third-order valence-corrected chi connectivity index (χ3v) is 5.38. The second kappa shape index (κ2) is 8.45. The molecule has 0 atom stereocenters. The van der Waals surface area contributed by atoms with Crippen LogP contribution in [0, 0.1) is 5.92 Å². The van der Waals surface area contributed by atoms with Crippen LogP contribution in [0.25, 0.3) is 10.9 Å². The van der Waals surface area contributed by atoms with Crippen molar-refractivity contribution < 1.29 is 23.9 Å². The summed E-state index contributed by atoms with van der Waals surface area (Å²) in [5, 5.41) is 5.47. The van der Waals surface area contributed by atoms with E-state index in [1.807, 2.05) is 10.9 Å². The van der Waals surface area contributed by atoms with Gasteiger partial charge in [-0.25, -0.2) is 9.59 Å². The van der Waals surface area contributed by atoms with Crippen LogP contribution in [0.4, 0.5) is 10.5 Å². The predicted molar refractivity (Wildman–Crippen MR) is 113 cm³/mol. The fourth-order valence-electron chi connectivity index (χ4n) is 3.75. The van der Waals surface area contributed by atoms with Gasteiger partial charge in [0.05, 0.1) is 29.9 Å². The van der Waals surface area contributed by atoms with Crippen molar-refractivity contribution in [2.45, 2.75) is 58.1 Å². The lowest BCUT2D eigenvalue weighted by atomic mass is 9.87. The first kappa shape index (κ1) is 21.8. The van der Waals surface area contributed by atoms with Crippen molar-refractivity contribution in [2.24, 2.45) is 5.92 Å². The van der Waals surface area contributed by atoms with E-state index in [2.05, 4.69) is 5.10 Å². The van der Waals surface area contributed by atoms with Crippen molar-refractivity contribution in [3.63, 3.8) is 0 Å². The largest absolute Gasteiger partial charge is 0.465 e. The summed E-state index contributed by atoms with van der Waals surface area (Å²) in [6.07, 6.45) is 5.87. The first-order valence-corrected chi connectivity index (χ1v) is 10.2. The molecule has 1 amide bonds. The lowest BCUT2D eigenvalue weighted by molar-refractivity contribution is -0.112. The number of hydrogen-bond acceptors (Lipinski definition) is 6. The smallest absolute Gasteiger partial charge is 0.414 e. The van der Waals surface area contributed by atoms with Gasteiger partial charge in [-0.05, 0) is 58.6 Å². The maximum atomic E-state index is 12.6. The van der Waals surface area contributed by atoms with E-state index in [0.717, 1.165) is 37.4 Å². The highest BCUT2D eigenvalue weighted by Crippen LogP contribution is 2.33. The molecule has 0 spiro atoms. The molecule has 30 heavy (non-hydrogen) atoms. The van der Waals surface area contributed by atoms with E-state index in [9.17, 15) is 14.4 Å². The third-order valence-electron chi connectivity index (χ3n) is 5.38. The van der Waals surface area contributed by atoms with E-state index in [0.29, 0.717) is 11.2 Å². The molecule has 1 aromatic heterocycles. The molecule has 1 saturated carbocycles. The average molecular weight is 415 g/mol. The maximum absolute atomic E-state index is 12.6. The fraction of sp³-hybridized carbons (Fsp3) is 0.545. The van der Waals surface area contributed by atoms with Crippen LogP contribution in [0.2, 0.25) is 0 Å². The van der Waals surface area contributed by atoms with Gasteiger partial charge < -0.3 is 14.3 Å². The zero-order valence-corrected chi connectivity index (χ0v) is 18.2. The van der Waals surface area contributed by atoms with Gasteiger partial charge in [0, 0.05) is 24.5 Å². The molecule has 0 bridgehead atoms. The van der Waals surface area contributed by atoms with Gasteiger partial charge in [-0.2, -0.15) is 5.10 Å². The number of fused-ring (bicyclic) bond motifs is 1. The standard InChI is InChI=1S/C22H29N3O5/c1-22(2,3)30-21(28)24(4)19-10-15-12-25(16-8-6-14(13-26)7-9-16)23-18(15)11-17(19)20(27)29-5/h10-14,16H,6-9H2,1-5H3/t14-,16-. The van der Waals surface area contributed by atoms with E-state index >= 15 is 0 Å². The Hall–Kier alpha value is -2.90. The number of benzene rings is 1. The minimum atomic E-state index is -0.661. The highest BCUT2D eigenvalue weighted by molar-refractivity contribution is 6.04. The van der Waals surface area contributed by atoms with Crippen LogP contribution in [0.5, 0.6) is 0 Å². The highest BCUT2D eigenvalue weighted by atomic mass is 16.6. The number of aromatic nitrogens is 2. The summed E-state index contributed by atoms with van der Waals surface area (Å²) in [5.74, 6) is -0.422. The maximum Gasteiger partial charge on any atom is 0.414 e. The summed E-state index contributed by atoms with van der Waals surface area (Å²) < 4.78 is 12.3. The van der Waals surface area contributed by atoms with Gasteiger partial charge in [-0.3, -0.25) is 9.58 Å². The molecule has 1 aliphatic carbocycles. The van der Waals surface area contributed by atoms with E-state index in [1.165, 1.54) is 12.0 Å². The molecule has 0 N–H and O–H groups in total. The number of methoxy groups -OCH3 is 1. The minimum Gasteiger partial charge on any atom is -0.465 e. The summed E-state index contributed by atoms with van der Waals surface area (Å²) in [6.45, 7) is 5.35. The number of anilines is 1. The quantitative estimate of drug-likeness (QED) is 0.551. The first-order valence-electron chi connectivity index (χ1n) is 10.2. The van der Waals surface area contributed by atoms with Crippen LogP contribution >= 0.6 is 0 Å². The molecule has 0 unspecified atom stereocenters. The van der Waals surface area contributed by atoms with Crippen LogP contribution in [-0.2, 0) is 14.3 Å². The summed E-state index contributed by atoms with van der Waals surface area (Å²) in [5.41, 5.74) is 0.627. The van der Waals surface area contributed by atoms with E-state index in [4.69, 9.17) is 9.47 Å². The second-order valence-corrected chi connectivity index (χ2v) is 8.77. The number of rotatable bonds is 4. The molecule has 0 saturated heterocycles. The Labute approximate surface area is 176 Å². The summed E-state index contributed by atoms with van der Waals surface area (Å²) in [6, 6.07) is 3.61. The molecular weight excluding hydrogens is 386 g/mol. The number of amides is 1. The molecule has 8 heteroatoms. The van der Waals surface area contributed by atoms with Gasteiger partial charge in [-0.15, -0.1) is 0 Å². The van der Waals surface area contributed by atoms with E-state index in [1.54, 1.807) is 40.0 Å². The summed E-state index contributed by atoms with van der Waals surface area (Å²) >= 11 is 0. The summed E-state index contributed by atoms with van der Waals surface area (Å²) in [7, 11) is 2.86. The SMILES string of the molecule is COC(=O)c1cc2nn([C@H]3CC[C@H](C=O)CC3)cc2cc1N(C)C(=O)OC(C)(C)C. The molecule has 1 aromatic carbocycles. The number of carbonyl (C=O) groups excluding carboxylic acids is 3. The Bertz CT molecular complexity index is 952. The van der Waals surface area contributed by atoms with Crippen molar-refractivity contribution >= 4 is 34.9 Å². The highest BCUT2D eigenvalue weighted by Gasteiger charge is 2.27. The number of aldehydes is 1. The van der Waals surface area contributed by atoms with Crippen LogP contribution in [-0.4, -0.2) is 47.9 Å². The van der Waals surface area contributed by atoms with E-state index < -0.39 is 17.7 Å². The van der Waals surface area contributed by atoms with Gasteiger partial charge in [-0.1, -0.05) is 0 Å². The number of nitrogens with zero attached hydrogens (tertiary/aromatic N) is 3. The third kappa shape index (κ3) is 4.63. The lowest BCUT2D eigenvalue weighted by Gasteiger charge is -2.25. The van der Waals surface area contributed by atoms with Crippen LogP contribution in [0.1, 0.15) is 62.9 Å². The Morgan fingerprint density at radius 3 is 2.43 bits per heavy atom. The summed E-state index contributed by atoms with van der Waals surface area (Å²) in [4.78, 5) is 37.3. The molecule has 8 nitrogen and oxygen atoms in total. The zero-order valence-electron chi connectivity index (χ0n) is 18.2. The number of hydrogen-bond donors (Lipinski definition) is 0. The fourth-order valence-corrected chi connectivity index (χ4v) is 3.75. The Balaban J connectivity index is 1.97. The predicted octanol–water partition coefficient (Wildman–Crippen LogP) is 4.12. The van der Waals surface area contributed by atoms with E-state index in [-0.39, 0.29) is 17.5 Å². The molecule has 162 valence electrons. The molecule has 0 radical (unpaired) electrons. The minimum absolute atomic E-state index is 0.131. The molecule has 1 heterocycles. The molecular formula is C22H29N3O5. The zero-order chi connectivity index (χ0) is 22.1. The van der Waals surface area contributed by atoms with Gasteiger partial charge in [0.1, 0.15) is 11.9 Å². The lowest BCUT2D eigenvalue weighted by Crippen LogP contribution is -2.35. The molecule has 2 aromatic rings. The molecule has 1 fully saturated rings. The number of esters is 1. The molecule has 3 rings (SSSR count). The van der Waals surface area contributed by atoms with Gasteiger partial charge in [0.2, 0.25) is 0 Å². The van der Waals surface area contributed by atoms with Crippen molar-refractivity contribution in [1.82, 2.24) is 9.78 Å². The Kier molecular flexibility index (Phi) is 6.14. The average Bonchev–Trinajstić information content (AvgIpc) is 3.13. The van der Waals surface area contributed by atoms with Crippen molar-refractivity contribution in [3.05, 3.63) is 23.9 Å².